The van der Waals surface area contributed by atoms with E-state index in [4.69, 9.17) is 5.11 Å². The lowest BCUT2D eigenvalue weighted by Crippen LogP contribution is -2.41. The molecule has 0 saturated carbocycles. The van der Waals surface area contributed by atoms with Gasteiger partial charge < -0.3 is 5.11 Å². The third-order valence-electron chi connectivity index (χ3n) is 2.82. The summed E-state index contributed by atoms with van der Waals surface area (Å²) in [4.78, 5) is 35.1. The van der Waals surface area contributed by atoms with Gasteiger partial charge in [-0.05, 0) is 30.2 Å². The van der Waals surface area contributed by atoms with Crippen LogP contribution >= 0.6 is 0 Å². The molecule has 1 aromatic rings. The van der Waals surface area contributed by atoms with Crippen molar-refractivity contribution >= 4 is 23.6 Å². The van der Waals surface area contributed by atoms with Gasteiger partial charge in [0, 0.05) is 25.6 Å². The summed E-state index contributed by atoms with van der Waals surface area (Å²) in [5.74, 6) is -2.34. The summed E-state index contributed by atoms with van der Waals surface area (Å²) in [6, 6.07) is 4.57. The molecule has 7 heteroatoms. The molecular formula is C14H17FN2O4. The number of aliphatic carboxylic acids is 1. The minimum absolute atomic E-state index is 0.0602. The molecule has 3 amide bonds. The average molecular weight is 296 g/mol. The number of nitrogens with one attached hydrogen (secondary N) is 1. The zero-order valence-electron chi connectivity index (χ0n) is 11.8. The van der Waals surface area contributed by atoms with Gasteiger partial charge in [0.1, 0.15) is 5.82 Å². The fourth-order valence-corrected chi connectivity index (χ4v) is 1.72. The molecule has 0 radical (unpaired) electrons. The zero-order chi connectivity index (χ0) is 16.0. The van der Waals surface area contributed by atoms with Crippen molar-refractivity contribution in [3.63, 3.8) is 0 Å². The predicted octanol–water partition coefficient (Wildman–Crippen LogP) is 2.00. The summed E-state index contributed by atoms with van der Waals surface area (Å²) in [6.07, 6.45) is -0.204. The monoisotopic (exact) mass is 296 g/mol. The van der Waals surface area contributed by atoms with Crippen LogP contribution in [0, 0.1) is 11.7 Å². The van der Waals surface area contributed by atoms with Gasteiger partial charge in [-0.25, -0.2) is 9.18 Å². The molecule has 21 heavy (non-hydrogen) atoms. The second-order valence-corrected chi connectivity index (χ2v) is 4.80. The van der Waals surface area contributed by atoms with Gasteiger partial charge in [-0.15, -0.1) is 0 Å². The molecule has 0 aliphatic carbocycles. The van der Waals surface area contributed by atoms with E-state index in [1.807, 2.05) is 0 Å². The lowest BCUT2D eigenvalue weighted by molar-refractivity contribution is -0.138. The Labute approximate surface area is 121 Å². The Kier molecular flexibility index (Phi) is 5.83. The van der Waals surface area contributed by atoms with Crippen molar-refractivity contribution in [2.45, 2.75) is 19.8 Å². The molecule has 0 fully saturated rings. The van der Waals surface area contributed by atoms with Crippen molar-refractivity contribution in [2.24, 2.45) is 5.92 Å². The molecule has 114 valence electrons. The second kappa shape index (κ2) is 7.37. The number of imide groups is 1. The fraction of sp³-hybridized carbons (Fsp3) is 0.357. The number of rotatable bonds is 5. The number of anilines is 1. The molecule has 2 N–H and O–H groups in total. The molecule has 1 atom stereocenters. The first-order valence-corrected chi connectivity index (χ1v) is 6.34. The van der Waals surface area contributed by atoms with Crippen molar-refractivity contribution in [3.05, 3.63) is 30.1 Å². The van der Waals surface area contributed by atoms with Crippen molar-refractivity contribution in [1.29, 1.82) is 0 Å². The third kappa shape index (κ3) is 5.60. The smallest absolute Gasteiger partial charge is 0.328 e. The standard InChI is InChI=1S/C14H17FN2O4/c1-9(8-13(19)20)7-12(18)16-14(21)17(2)11-5-3-10(15)4-6-11/h3-6,9H,7-8H2,1-2H3,(H,19,20)(H,16,18,21). The first-order valence-electron chi connectivity index (χ1n) is 6.34. The molecule has 1 rings (SSSR count). The summed E-state index contributed by atoms with van der Waals surface area (Å²) >= 11 is 0. The normalized spacial score (nSPS) is 11.6. The van der Waals surface area contributed by atoms with Crippen LogP contribution in [0.5, 0.6) is 0 Å². The third-order valence-corrected chi connectivity index (χ3v) is 2.82. The molecule has 0 spiro atoms. The topological polar surface area (TPSA) is 86.7 Å². The quantitative estimate of drug-likeness (QED) is 0.870. The number of hydrogen-bond donors (Lipinski definition) is 2. The van der Waals surface area contributed by atoms with Crippen LogP contribution in [0.25, 0.3) is 0 Å². The highest BCUT2D eigenvalue weighted by Crippen LogP contribution is 2.13. The van der Waals surface area contributed by atoms with Gasteiger partial charge in [0.2, 0.25) is 5.91 Å². The van der Waals surface area contributed by atoms with E-state index in [2.05, 4.69) is 5.32 Å². The molecule has 0 saturated heterocycles. The number of carbonyl (C=O) groups excluding carboxylic acids is 2. The van der Waals surface area contributed by atoms with E-state index in [1.165, 1.54) is 36.2 Å². The van der Waals surface area contributed by atoms with Crippen LogP contribution in [0.15, 0.2) is 24.3 Å². The van der Waals surface area contributed by atoms with Gasteiger partial charge in [-0.1, -0.05) is 6.92 Å². The van der Waals surface area contributed by atoms with Crippen LogP contribution < -0.4 is 10.2 Å². The fourth-order valence-electron chi connectivity index (χ4n) is 1.72. The second-order valence-electron chi connectivity index (χ2n) is 4.80. The maximum atomic E-state index is 12.8. The summed E-state index contributed by atoms with van der Waals surface area (Å²) in [7, 11) is 1.44. The Balaban J connectivity index is 2.54. The maximum Gasteiger partial charge on any atom is 0.328 e. The summed E-state index contributed by atoms with van der Waals surface area (Å²) in [5.41, 5.74) is 0.431. The summed E-state index contributed by atoms with van der Waals surface area (Å²) in [5, 5.41) is 10.8. The Hall–Kier alpha value is -2.44. The largest absolute Gasteiger partial charge is 0.481 e. The Morgan fingerprint density at radius 3 is 2.33 bits per heavy atom. The number of carboxylic acids is 1. The number of carbonyl (C=O) groups is 3. The lowest BCUT2D eigenvalue weighted by Gasteiger charge is -2.18. The lowest BCUT2D eigenvalue weighted by atomic mass is 10.0. The highest BCUT2D eigenvalue weighted by Gasteiger charge is 2.17. The number of amides is 3. The van der Waals surface area contributed by atoms with Crippen LogP contribution in [-0.2, 0) is 9.59 Å². The minimum atomic E-state index is -0.995. The first kappa shape index (κ1) is 16.6. The SMILES string of the molecule is CC(CC(=O)O)CC(=O)NC(=O)N(C)c1ccc(F)cc1. The number of benzene rings is 1. The van der Waals surface area contributed by atoms with E-state index in [9.17, 15) is 18.8 Å². The van der Waals surface area contributed by atoms with Gasteiger partial charge in [-0.2, -0.15) is 0 Å². The van der Waals surface area contributed by atoms with E-state index in [1.54, 1.807) is 6.92 Å². The summed E-state index contributed by atoms with van der Waals surface area (Å²) < 4.78 is 12.8. The molecule has 1 unspecified atom stereocenters. The molecule has 1 aromatic carbocycles. The van der Waals surface area contributed by atoms with E-state index in [-0.39, 0.29) is 18.8 Å². The Morgan fingerprint density at radius 2 is 1.81 bits per heavy atom. The van der Waals surface area contributed by atoms with Crippen LogP contribution in [-0.4, -0.2) is 30.1 Å². The number of carboxylic acid groups (broad SMARTS) is 1. The molecule has 0 heterocycles. The molecule has 0 aliphatic rings. The zero-order valence-corrected chi connectivity index (χ0v) is 11.8. The van der Waals surface area contributed by atoms with E-state index < -0.39 is 23.7 Å². The predicted molar refractivity (Wildman–Crippen MR) is 74.4 cm³/mol. The highest BCUT2D eigenvalue weighted by atomic mass is 19.1. The molecule has 0 bridgehead atoms. The van der Waals surface area contributed by atoms with Crippen molar-refractivity contribution in [2.75, 3.05) is 11.9 Å². The Bertz CT molecular complexity index is 530. The Morgan fingerprint density at radius 1 is 1.24 bits per heavy atom. The highest BCUT2D eigenvalue weighted by molar-refractivity contribution is 6.02. The molecule has 0 aromatic heterocycles. The number of nitrogens with zero attached hydrogens (tertiary/aromatic N) is 1. The van der Waals surface area contributed by atoms with Gasteiger partial charge in [-0.3, -0.25) is 19.8 Å². The van der Waals surface area contributed by atoms with Crippen molar-refractivity contribution < 1.29 is 23.9 Å². The van der Waals surface area contributed by atoms with E-state index in [0.29, 0.717) is 5.69 Å². The minimum Gasteiger partial charge on any atom is -0.481 e. The number of hydrogen-bond acceptors (Lipinski definition) is 3. The van der Waals surface area contributed by atoms with Crippen LogP contribution in [0.3, 0.4) is 0 Å². The average Bonchev–Trinajstić information content (AvgIpc) is 2.37. The number of halogens is 1. The molecule has 6 nitrogen and oxygen atoms in total. The number of urea groups is 1. The van der Waals surface area contributed by atoms with Crippen molar-refractivity contribution in [3.8, 4) is 0 Å². The van der Waals surface area contributed by atoms with Gasteiger partial charge in [0.05, 0.1) is 0 Å². The maximum absolute atomic E-state index is 12.8. The van der Waals surface area contributed by atoms with Crippen molar-refractivity contribution in [1.82, 2.24) is 5.32 Å². The van der Waals surface area contributed by atoms with E-state index in [0.717, 1.165) is 0 Å². The van der Waals surface area contributed by atoms with Crippen LogP contribution in [0.2, 0.25) is 0 Å². The first-order chi connectivity index (χ1) is 9.79. The molecular weight excluding hydrogens is 279 g/mol. The van der Waals surface area contributed by atoms with Crippen LogP contribution in [0.1, 0.15) is 19.8 Å². The molecule has 0 aliphatic heterocycles. The summed E-state index contributed by atoms with van der Waals surface area (Å²) in [6.45, 7) is 1.61. The van der Waals surface area contributed by atoms with Gasteiger partial charge in [0.15, 0.2) is 0 Å². The van der Waals surface area contributed by atoms with Crippen LogP contribution in [0.4, 0.5) is 14.9 Å². The van der Waals surface area contributed by atoms with Gasteiger partial charge >= 0.3 is 12.0 Å². The van der Waals surface area contributed by atoms with E-state index >= 15 is 0 Å². The van der Waals surface area contributed by atoms with Gasteiger partial charge in [0.25, 0.3) is 0 Å².